The number of likely N-dealkylation sites (tertiary alicyclic amines) is 1. The fourth-order valence-corrected chi connectivity index (χ4v) is 7.83. The number of pyridine rings is 2. The Morgan fingerprint density at radius 3 is 2.62 bits per heavy atom. The quantitative estimate of drug-likeness (QED) is 0.433. The number of amides is 1. The number of fused-ring (bicyclic) bond motifs is 4. The second kappa shape index (κ2) is 9.41. The molecule has 9 nitrogen and oxygen atoms in total. The van der Waals surface area contributed by atoms with Crippen LogP contribution >= 0.6 is 0 Å². The van der Waals surface area contributed by atoms with Crippen molar-refractivity contribution in [3.63, 3.8) is 0 Å². The van der Waals surface area contributed by atoms with Crippen molar-refractivity contribution in [2.75, 3.05) is 36.9 Å². The fraction of sp³-hybridized carbons (Fsp3) is 0.500. The standard InChI is InChI=1S/C30H35N5O4S/c1-34-13-4-3-5-21(34)10-14-39-28-25(33-40(37,38)22-7-8-22)16-20(17-32-28)19-6-9-24-23(15-19)27-26(18-31-24)35(2)29(36)30(27)11-12-30/h6,9,15-18,21-22,33H,3-5,7-8,10-14H2,1-2H3. The molecule has 10 heteroatoms. The number of benzene rings is 1. The highest BCUT2D eigenvalue weighted by atomic mass is 32.2. The molecule has 2 aromatic heterocycles. The van der Waals surface area contributed by atoms with Crippen LogP contribution in [0.2, 0.25) is 0 Å². The van der Waals surface area contributed by atoms with Gasteiger partial charge in [-0.3, -0.25) is 14.5 Å². The van der Waals surface area contributed by atoms with Gasteiger partial charge in [-0.1, -0.05) is 12.5 Å². The summed E-state index contributed by atoms with van der Waals surface area (Å²) in [6, 6.07) is 8.27. The zero-order chi connectivity index (χ0) is 27.6. The average Bonchev–Trinajstić information content (AvgIpc) is 3.87. The number of hydrogen-bond donors (Lipinski definition) is 1. The summed E-state index contributed by atoms with van der Waals surface area (Å²) in [5.74, 6) is 0.445. The van der Waals surface area contributed by atoms with Crippen molar-refractivity contribution >= 4 is 38.2 Å². The number of piperidine rings is 1. The smallest absolute Gasteiger partial charge is 0.238 e. The highest BCUT2D eigenvalue weighted by molar-refractivity contribution is 7.93. The van der Waals surface area contributed by atoms with Crippen LogP contribution in [0.5, 0.6) is 5.88 Å². The van der Waals surface area contributed by atoms with Gasteiger partial charge in [-0.05, 0) is 82.3 Å². The molecular formula is C30H35N5O4S. The topological polar surface area (TPSA) is 105 Å². The summed E-state index contributed by atoms with van der Waals surface area (Å²) in [6.45, 7) is 1.57. The highest BCUT2D eigenvalue weighted by Crippen LogP contribution is 2.58. The lowest BCUT2D eigenvalue weighted by Gasteiger charge is -2.32. The van der Waals surface area contributed by atoms with Gasteiger partial charge in [0.25, 0.3) is 0 Å². The molecule has 1 N–H and O–H groups in total. The van der Waals surface area contributed by atoms with Crippen LogP contribution in [0.4, 0.5) is 11.4 Å². The third-order valence-corrected chi connectivity index (χ3v) is 11.0. The number of nitrogens with one attached hydrogen (secondary N) is 1. The van der Waals surface area contributed by atoms with E-state index in [0.29, 0.717) is 37.1 Å². The maximum absolute atomic E-state index is 13.0. The van der Waals surface area contributed by atoms with E-state index in [9.17, 15) is 13.2 Å². The Bertz CT molecular complexity index is 1620. The van der Waals surface area contributed by atoms with Crippen molar-refractivity contribution in [3.05, 3.63) is 42.2 Å². The lowest BCUT2D eigenvalue weighted by atomic mass is 9.92. The first-order chi connectivity index (χ1) is 19.3. The molecule has 3 aromatic rings. The van der Waals surface area contributed by atoms with Gasteiger partial charge in [0, 0.05) is 35.8 Å². The predicted octanol–water partition coefficient (Wildman–Crippen LogP) is 4.46. The largest absolute Gasteiger partial charge is 0.476 e. The normalized spacial score (nSPS) is 22.1. The minimum Gasteiger partial charge on any atom is -0.476 e. The predicted molar refractivity (Wildman–Crippen MR) is 155 cm³/mol. The molecule has 0 bridgehead atoms. The van der Waals surface area contributed by atoms with E-state index < -0.39 is 15.4 Å². The van der Waals surface area contributed by atoms with Gasteiger partial charge in [0.2, 0.25) is 21.8 Å². The molecule has 210 valence electrons. The van der Waals surface area contributed by atoms with Crippen LogP contribution in [0, 0.1) is 0 Å². The minimum absolute atomic E-state index is 0.140. The highest BCUT2D eigenvalue weighted by Gasteiger charge is 2.59. The van der Waals surface area contributed by atoms with E-state index >= 15 is 0 Å². The molecule has 4 aliphatic rings. The number of carbonyl (C=O) groups is 1. The van der Waals surface area contributed by atoms with Gasteiger partial charge >= 0.3 is 0 Å². The van der Waals surface area contributed by atoms with E-state index in [4.69, 9.17) is 4.74 Å². The van der Waals surface area contributed by atoms with Crippen molar-refractivity contribution in [2.45, 2.75) is 68.1 Å². The summed E-state index contributed by atoms with van der Waals surface area (Å²) in [6.07, 6.45) is 11.0. The molecular weight excluding hydrogens is 526 g/mol. The molecule has 2 aliphatic carbocycles. The molecule has 2 saturated carbocycles. The average molecular weight is 562 g/mol. The van der Waals surface area contributed by atoms with Gasteiger partial charge < -0.3 is 14.5 Å². The number of carbonyl (C=O) groups excluding carboxylic acids is 1. The Morgan fingerprint density at radius 2 is 1.88 bits per heavy atom. The number of likely N-dealkylation sites (N-methyl/N-ethyl adjacent to an activating group) is 1. The molecule has 3 fully saturated rings. The molecule has 2 aliphatic heterocycles. The van der Waals surface area contributed by atoms with E-state index in [1.165, 1.54) is 12.8 Å². The number of nitrogens with zero attached hydrogens (tertiary/aromatic N) is 4. The minimum atomic E-state index is -3.51. The third-order valence-electron chi connectivity index (χ3n) is 9.16. The number of ether oxygens (including phenoxy) is 1. The Kier molecular flexibility index (Phi) is 6.05. The maximum Gasteiger partial charge on any atom is 0.238 e. The SMILES string of the molecule is CN1C(=O)C2(CC2)c2c1cnc1ccc(-c3cnc(OCCC4CCCCN4C)c(NS(=O)(=O)C4CC4)c3)cc21. The Morgan fingerprint density at radius 1 is 1.05 bits per heavy atom. The molecule has 40 heavy (non-hydrogen) atoms. The second-order valence-corrected chi connectivity index (χ2v) is 13.8. The summed E-state index contributed by atoms with van der Waals surface area (Å²) < 4.78 is 34.7. The molecule has 1 atom stereocenters. The second-order valence-electron chi connectivity index (χ2n) is 11.9. The first-order valence-corrected chi connectivity index (χ1v) is 15.9. The van der Waals surface area contributed by atoms with E-state index in [2.05, 4.69) is 32.7 Å². The molecule has 1 amide bonds. The van der Waals surface area contributed by atoms with Gasteiger partial charge in [-0.15, -0.1) is 0 Å². The van der Waals surface area contributed by atoms with Crippen molar-refractivity contribution in [2.24, 2.45) is 0 Å². The van der Waals surface area contributed by atoms with Crippen LogP contribution in [0.1, 0.15) is 56.9 Å². The van der Waals surface area contributed by atoms with Gasteiger partial charge in [0.15, 0.2) is 0 Å². The molecule has 7 rings (SSSR count). The van der Waals surface area contributed by atoms with Gasteiger partial charge in [0.05, 0.1) is 34.7 Å². The van der Waals surface area contributed by atoms with Crippen molar-refractivity contribution in [1.82, 2.24) is 14.9 Å². The number of rotatable bonds is 8. The first-order valence-electron chi connectivity index (χ1n) is 14.3. The lowest BCUT2D eigenvalue weighted by Crippen LogP contribution is -2.37. The molecule has 1 spiro atoms. The maximum atomic E-state index is 13.0. The Labute approximate surface area is 235 Å². The summed E-state index contributed by atoms with van der Waals surface area (Å²) in [4.78, 5) is 26.4. The summed E-state index contributed by atoms with van der Waals surface area (Å²) in [7, 11) is 0.461. The molecule has 4 heterocycles. The third kappa shape index (κ3) is 4.32. The van der Waals surface area contributed by atoms with Gasteiger partial charge in [0.1, 0.15) is 5.69 Å². The van der Waals surface area contributed by atoms with Gasteiger partial charge in [-0.25, -0.2) is 13.4 Å². The lowest BCUT2D eigenvalue weighted by molar-refractivity contribution is -0.119. The van der Waals surface area contributed by atoms with E-state index in [-0.39, 0.29) is 11.2 Å². The zero-order valence-corrected chi connectivity index (χ0v) is 23.8. The number of hydrogen-bond acceptors (Lipinski definition) is 7. The summed E-state index contributed by atoms with van der Waals surface area (Å²) in [5, 5.41) is 0.598. The van der Waals surface area contributed by atoms with Gasteiger partial charge in [-0.2, -0.15) is 0 Å². The summed E-state index contributed by atoms with van der Waals surface area (Å²) in [5.41, 5.74) is 4.36. The zero-order valence-electron chi connectivity index (χ0n) is 23.0. The van der Waals surface area contributed by atoms with E-state index in [1.807, 2.05) is 25.2 Å². The molecule has 1 saturated heterocycles. The first kappa shape index (κ1) is 25.7. The Hall–Kier alpha value is -3.24. The van der Waals surface area contributed by atoms with Crippen LogP contribution in [0.3, 0.4) is 0 Å². The van der Waals surface area contributed by atoms with E-state index in [0.717, 1.165) is 65.5 Å². The van der Waals surface area contributed by atoms with Crippen molar-refractivity contribution in [1.29, 1.82) is 0 Å². The number of aromatic nitrogens is 2. The summed E-state index contributed by atoms with van der Waals surface area (Å²) >= 11 is 0. The van der Waals surface area contributed by atoms with Crippen LogP contribution in [0.25, 0.3) is 22.0 Å². The monoisotopic (exact) mass is 561 g/mol. The molecule has 1 unspecified atom stereocenters. The van der Waals surface area contributed by atoms with Crippen LogP contribution in [-0.4, -0.2) is 67.7 Å². The number of anilines is 2. The van der Waals surface area contributed by atoms with Crippen LogP contribution in [0.15, 0.2) is 36.7 Å². The Balaban J connectivity index is 1.22. The fourth-order valence-electron chi connectivity index (χ4n) is 6.46. The van der Waals surface area contributed by atoms with Crippen molar-refractivity contribution < 1.29 is 17.9 Å². The van der Waals surface area contributed by atoms with Crippen LogP contribution in [-0.2, 0) is 20.2 Å². The van der Waals surface area contributed by atoms with Crippen molar-refractivity contribution in [3.8, 4) is 17.0 Å². The molecule has 1 aromatic carbocycles. The van der Waals surface area contributed by atoms with E-state index in [1.54, 1.807) is 17.3 Å². The molecule has 0 radical (unpaired) electrons. The van der Waals surface area contributed by atoms with Crippen LogP contribution < -0.4 is 14.4 Å². The number of sulfonamides is 1.